The topological polar surface area (TPSA) is 37.8 Å². The van der Waals surface area contributed by atoms with Gasteiger partial charge in [-0.05, 0) is 25.5 Å². The lowest BCUT2D eigenvalue weighted by molar-refractivity contribution is 0.498. The summed E-state index contributed by atoms with van der Waals surface area (Å²) in [6.45, 7) is 0.818. The minimum Gasteiger partial charge on any atom is -0.316 e. The monoisotopic (exact) mass is 267 g/mol. The summed E-state index contributed by atoms with van der Waals surface area (Å²) in [6.07, 6.45) is 8.75. The van der Waals surface area contributed by atoms with Crippen molar-refractivity contribution in [3.05, 3.63) is 59.7 Å². The van der Waals surface area contributed by atoms with E-state index >= 15 is 0 Å². The number of nitrogens with zero attached hydrogens (tertiary/aromatic N) is 2. The second-order valence-electron chi connectivity index (χ2n) is 5.60. The van der Waals surface area contributed by atoms with Crippen LogP contribution in [0.25, 0.3) is 0 Å². The molecule has 104 valence electrons. The summed E-state index contributed by atoms with van der Waals surface area (Å²) in [7, 11) is 1.94. The molecule has 1 aromatic heterocycles. The van der Waals surface area contributed by atoms with Gasteiger partial charge in [0, 0.05) is 24.5 Å². The van der Waals surface area contributed by atoms with E-state index in [2.05, 4.69) is 45.6 Å². The fraction of sp³-hybridized carbons (Fsp3) is 0.412. The number of hydrogen-bond acceptors (Lipinski definition) is 3. The summed E-state index contributed by atoms with van der Waals surface area (Å²) < 4.78 is 0. The van der Waals surface area contributed by atoms with Gasteiger partial charge in [0.1, 0.15) is 5.82 Å². The molecule has 1 aromatic carbocycles. The quantitative estimate of drug-likeness (QED) is 0.925. The minimum atomic E-state index is 0.0272. The van der Waals surface area contributed by atoms with Crippen molar-refractivity contribution in [1.82, 2.24) is 15.3 Å². The first kappa shape index (κ1) is 13.3. The van der Waals surface area contributed by atoms with Gasteiger partial charge in [0.2, 0.25) is 0 Å². The van der Waals surface area contributed by atoms with Crippen LogP contribution in [0.1, 0.15) is 42.6 Å². The van der Waals surface area contributed by atoms with E-state index in [4.69, 9.17) is 0 Å². The zero-order valence-corrected chi connectivity index (χ0v) is 12.0. The van der Waals surface area contributed by atoms with Crippen LogP contribution in [-0.2, 0) is 12.0 Å². The van der Waals surface area contributed by atoms with Gasteiger partial charge in [-0.3, -0.25) is 0 Å². The Morgan fingerprint density at radius 2 is 1.70 bits per heavy atom. The van der Waals surface area contributed by atoms with Crippen molar-refractivity contribution in [1.29, 1.82) is 0 Å². The van der Waals surface area contributed by atoms with Crippen LogP contribution in [0.15, 0.2) is 42.7 Å². The first-order valence-corrected chi connectivity index (χ1v) is 7.37. The van der Waals surface area contributed by atoms with Crippen LogP contribution in [0, 0.1) is 0 Å². The van der Waals surface area contributed by atoms with E-state index < -0.39 is 0 Å². The zero-order chi connectivity index (χ0) is 13.8. The van der Waals surface area contributed by atoms with Crippen LogP contribution < -0.4 is 5.32 Å². The fourth-order valence-electron chi connectivity index (χ4n) is 3.27. The van der Waals surface area contributed by atoms with Gasteiger partial charge in [0.05, 0.1) is 5.41 Å². The lowest BCUT2D eigenvalue weighted by atomic mass is 9.78. The molecule has 0 saturated heterocycles. The smallest absolute Gasteiger partial charge is 0.138 e. The lowest BCUT2D eigenvalue weighted by Crippen LogP contribution is -2.26. The predicted octanol–water partition coefficient (Wildman–Crippen LogP) is 3.06. The standard InChI is InChI=1S/C17H21N3/c1-18-11-14-12-19-16(20-13-14)17(9-5-6-10-17)15-7-3-2-4-8-15/h2-4,7-8,12-13,18H,5-6,9-11H2,1H3. The van der Waals surface area contributed by atoms with Crippen molar-refractivity contribution < 1.29 is 0 Å². The number of hydrogen-bond donors (Lipinski definition) is 1. The van der Waals surface area contributed by atoms with Gasteiger partial charge >= 0.3 is 0 Å². The highest BCUT2D eigenvalue weighted by atomic mass is 14.9. The third kappa shape index (κ3) is 2.34. The molecule has 0 radical (unpaired) electrons. The Labute approximate surface area is 120 Å². The third-order valence-corrected chi connectivity index (χ3v) is 4.30. The van der Waals surface area contributed by atoms with Crippen LogP contribution >= 0.6 is 0 Å². The average molecular weight is 267 g/mol. The second-order valence-corrected chi connectivity index (χ2v) is 5.60. The normalized spacial score (nSPS) is 17.2. The van der Waals surface area contributed by atoms with E-state index in [1.54, 1.807) is 0 Å². The maximum atomic E-state index is 4.68. The SMILES string of the molecule is CNCc1cnc(C2(c3ccccc3)CCCC2)nc1. The Balaban J connectivity index is 1.98. The molecule has 3 rings (SSSR count). The van der Waals surface area contributed by atoms with Gasteiger partial charge in [0.25, 0.3) is 0 Å². The van der Waals surface area contributed by atoms with Gasteiger partial charge in [0.15, 0.2) is 0 Å². The van der Waals surface area contributed by atoms with Crippen molar-refractivity contribution >= 4 is 0 Å². The predicted molar refractivity (Wildman–Crippen MR) is 80.5 cm³/mol. The van der Waals surface area contributed by atoms with Gasteiger partial charge in [-0.15, -0.1) is 0 Å². The van der Waals surface area contributed by atoms with Crippen molar-refractivity contribution in [2.24, 2.45) is 0 Å². The summed E-state index contributed by atoms with van der Waals surface area (Å²) in [4.78, 5) is 9.35. The fourth-order valence-corrected chi connectivity index (χ4v) is 3.27. The maximum Gasteiger partial charge on any atom is 0.138 e. The highest BCUT2D eigenvalue weighted by Gasteiger charge is 2.39. The summed E-state index contributed by atoms with van der Waals surface area (Å²) >= 11 is 0. The minimum absolute atomic E-state index is 0.0272. The summed E-state index contributed by atoms with van der Waals surface area (Å²) in [5.41, 5.74) is 2.52. The molecule has 0 spiro atoms. The van der Waals surface area contributed by atoms with Gasteiger partial charge in [-0.2, -0.15) is 0 Å². The Bertz CT molecular complexity index is 542. The van der Waals surface area contributed by atoms with Gasteiger partial charge < -0.3 is 5.32 Å². The molecule has 0 bridgehead atoms. The lowest BCUT2D eigenvalue weighted by Gasteiger charge is -2.28. The first-order chi connectivity index (χ1) is 9.85. The molecule has 3 nitrogen and oxygen atoms in total. The molecule has 0 amide bonds. The first-order valence-electron chi connectivity index (χ1n) is 7.37. The number of rotatable bonds is 4. The zero-order valence-electron chi connectivity index (χ0n) is 12.0. The van der Waals surface area contributed by atoms with E-state index in [9.17, 15) is 0 Å². The third-order valence-electron chi connectivity index (χ3n) is 4.30. The van der Waals surface area contributed by atoms with Crippen molar-refractivity contribution in [2.75, 3.05) is 7.05 Å². The Hall–Kier alpha value is -1.74. The van der Waals surface area contributed by atoms with Crippen molar-refractivity contribution in [3.63, 3.8) is 0 Å². The second kappa shape index (κ2) is 5.71. The van der Waals surface area contributed by atoms with Crippen LogP contribution in [-0.4, -0.2) is 17.0 Å². The van der Waals surface area contributed by atoms with Gasteiger partial charge in [-0.1, -0.05) is 43.2 Å². The Kier molecular flexibility index (Phi) is 3.79. The molecule has 2 aromatic rings. The van der Waals surface area contributed by atoms with Crippen LogP contribution in [0.4, 0.5) is 0 Å². The van der Waals surface area contributed by atoms with Crippen LogP contribution in [0.5, 0.6) is 0 Å². The molecule has 1 heterocycles. The molecular weight excluding hydrogens is 246 g/mol. The van der Waals surface area contributed by atoms with E-state index in [1.807, 2.05) is 19.4 Å². The average Bonchev–Trinajstić information content (AvgIpc) is 3.00. The summed E-state index contributed by atoms with van der Waals surface area (Å²) in [6, 6.07) is 10.7. The largest absolute Gasteiger partial charge is 0.316 e. The highest BCUT2D eigenvalue weighted by molar-refractivity contribution is 5.34. The Morgan fingerprint density at radius 1 is 1.05 bits per heavy atom. The summed E-state index contributed by atoms with van der Waals surface area (Å²) in [5.74, 6) is 0.987. The van der Waals surface area contributed by atoms with E-state index in [0.29, 0.717) is 0 Å². The van der Waals surface area contributed by atoms with E-state index in [-0.39, 0.29) is 5.41 Å². The molecule has 0 unspecified atom stereocenters. The van der Waals surface area contributed by atoms with Crippen molar-refractivity contribution in [3.8, 4) is 0 Å². The molecule has 1 fully saturated rings. The maximum absolute atomic E-state index is 4.68. The Morgan fingerprint density at radius 3 is 2.30 bits per heavy atom. The number of aromatic nitrogens is 2. The number of benzene rings is 1. The molecule has 1 aliphatic carbocycles. The molecule has 20 heavy (non-hydrogen) atoms. The van der Waals surface area contributed by atoms with E-state index in [1.165, 1.54) is 18.4 Å². The molecule has 1 N–H and O–H groups in total. The molecule has 1 aliphatic rings. The molecular formula is C17H21N3. The summed E-state index contributed by atoms with van der Waals surface area (Å²) in [5, 5.41) is 3.13. The van der Waals surface area contributed by atoms with Gasteiger partial charge in [-0.25, -0.2) is 9.97 Å². The van der Waals surface area contributed by atoms with E-state index in [0.717, 1.165) is 30.8 Å². The molecule has 0 aliphatic heterocycles. The molecule has 3 heteroatoms. The number of nitrogens with one attached hydrogen (secondary N) is 1. The molecule has 0 atom stereocenters. The van der Waals surface area contributed by atoms with Crippen molar-refractivity contribution in [2.45, 2.75) is 37.6 Å². The van der Waals surface area contributed by atoms with Crippen LogP contribution in [0.3, 0.4) is 0 Å². The highest BCUT2D eigenvalue weighted by Crippen LogP contribution is 2.44. The van der Waals surface area contributed by atoms with Crippen LogP contribution in [0.2, 0.25) is 0 Å². The molecule has 1 saturated carbocycles.